The Morgan fingerprint density at radius 1 is 1.04 bits per heavy atom. The molecule has 0 bridgehead atoms. The Kier molecular flexibility index (Phi) is 3.11. The van der Waals surface area contributed by atoms with E-state index in [1.165, 1.54) is 4.90 Å². The zero-order chi connectivity index (χ0) is 17.0. The zero-order valence-electron chi connectivity index (χ0n) is 12.6. The van der Waals surface area contributed by atoms with Crippen molar-refractivity contribution in [1.82, 2.24) is 0 Å². The van der Waals surface area contributed by atoms with E-state index in [0.717, 1.165) is 10.5 Å². The maximum Gasteiger partial charge on any atom is 0.337 e. The summed E-state index contributed by atoms with van der Waals surface area (Å²) in [5.41, 5.74) is 2.31. The van der Waals surface area contributed by atoms with Crippen molar-refractivity contribution in [2.45, 2.75) is 13.0 Å². The molecule has 4 rings (SSSR count). The van der Waals surface area contributed by atoms with Crippen LogP contribution in [0.5, 0.6) is 0 Å². The minimum Gasteiger partial charge on any atom is -0.322 e. The lowest BCUT2D eigenvalue weighted by atomic mass is 10.1. The standard InChI is InChI=1S/C17H12ClN3O3/c1-9-2-5-11(6-3-9)20-16(23)14-15(22)19-12-8-10(18)4-7-13(12)21(14)17(20)24/h2-8,14H,1H3,(H,19,22). The zero-order valence-corrected chi connectivity index (χ0v) is 13.4. The maximum absolute atomic E-state index is 12.8. The molecule has 2 aromatic rings. The van der Waals surface area contributed by atoms with Gasteiger partial charge < -0.3 is 5.32 Å². The average Bonchev–Trinajstić information content (AvgIpc) is 2.80. The lowest BCUT2D eigenvalue weighted by molar-refractivity contribution is -0.125. The SMILES string of the molecule is Cc1ccc(N2C(=O)C3C(=O)Nc4cc(Cl)ccc4N3C2=O)cc1. The number of halogens is 1. The molecule has 0 radical (unpaired) electrons. The second-order valence-electron chi connectivity index (χ2n) is 5.72. The minimum atomic E-state index is -1.20. The lowest BCUT2D eigenvalue weighted by Crippen LogP contribution is -2.48. The van der Waals surface area contributed by atoms with Gasteiger partial charge in [-0.25, -0.2) is 9.69 Å². The summed E-state index contributed by atoms with van der Waals surface area (Å²) in [5.74, 6) is -1.11. The molecule has 1 fully saturated rings. The second-order valence-corrected chi connectivity index (χ2v) is 6.15. The average molecular weight is 342 g/mol. The number of anilines is 3. The number of carbonyl (C=O) groups is 3. The van der Waals surface area contributed by atoms with Crippen LogP contribution in [0.25, 0.3) is 0 Å². The first-order valence-electron chi connectivity index (χ1n) is 7.31. The van der Waals surface area contributed by atoms with Crippen LogP contribution >= 0.6 is 11.6 Å². The highest BCUT2D eigenvalue weighted by Gasteiger charge is 2.53. The fourth-order valence-electron chi connectivity index (χ4n) is 2.97. The van der Waals surface area contributed by atoms with E-state index in [1.54, 1.807) is 42.5 Å². The smallest absolute Gasteiger partial charge is 0.322 e. The van der Waals surface area contributed by atoms with Gasteiger partial charge in [0.05, 0.1) is 17.1 Å². The number of nitrogens with one attached hydrogen (secondary N) is 1. The van der Waals surface area contributed by atoms with Crippen LogP contribution in [-0.4, -0.2) is 23.9 Å². The van der Waals surface area contributed by atoms with Gasteiger partial charge in [-0.3, -0.25) is 14.5 Å². The summed E-state index contributed by atoms with van der Waals surface area (Å²) < 4.78 is 0. The summed E-state index contributed by atoms with van der Waals surface area (Å²) in [7, 11) is 0. The van der Waals surface area contributed by atoms with Crippen LogP contribution in [0.15, 0.2) is 42.5 Å². The molecule has 1 atom stereocenters. The monoisotopic (exact) mass is 341 g/mol. The summed E-state index contributed by atoms with van der Waals surface area (Å²) in [6, 6.07) is 10.0. The van der Waals surface area contributed by atoms with E-state index in [2.05, 4.69) is 5.32 Å². The third kappa shape index (κ3) is 2.00. The largest absolute Gasteiger partial charge is 0.337 e. The van der Waals surface area contributed by atoms with Crippen LogP contribution < -0.4 is 15.1 Å². The van der Waals surface area contributed by atoms with Crippen molar-refractivity contribution in [1.29, 1.82) is 0 Å². The molecular formula is C17H12ClN3O3. The first kappa shape index (κ1) is 14.7. The number of benzene rings is 2. The molecule has 1 saturated heterocycles. The molecule has 1 unspecified atom stereocenters. The van der Waals surface area contributed by atoms with Crippen LogP contribution in [0.3, 0.4) is 0 Å². The highest BCUT2D eigenvalue weighted by atomic mass is 35.5. The molecule has 0 aliphatic carbocycles. The fraction of sp³-hybridized carbons (Fsp3) is 0.118. The molecule has 0 aromatic heterocycles. The van der Waals surface area contributed by atoms with Crippen molar-refractivity contribution in [3.63, 3.8) is 0 Å². The van der Waals surface area contributed by atoms with Crippen LogP contribution in [0, 0.1) is 6.92 Å². The second kappa shape index (κ2) is 5.07. The maximum atomic E-state index is 12.8. The van der Waals surface area contributed by atoms with Crippen molar-refractivity contribution in [3.8, 4) is 0 Å². The molecule has 24 heavy (non-hydrogen) atoms. The van der Waals surface area contributed by atoms with Crippen LogP contribution in [-0.2, 0) is 9.59 Å². The molecule has 2 aliphatic heterocycles. The Morgan fingerprint density at radius 2 is 1.75 bits per heavy atom. The summed E-state index contributed by atoms with van der Waals surface area (Å²) in [6.07, 6.45) is 0. The summed E-state index contributed by atoms with van der Waals surface area (Å²) in [6.45, 7) is 1.91. The number of carbonyl (C=O) groups excluding carboxylic acids is 3. The number of amides is 4. The molecule has 2 aliphatic rings. The third-order valence-electron chi connectivity index (χ3n) is 4.13. The van der Waals surface area contributed by atoms with Gasteiger partial charge in [-0.15, -0.1) is 0 Å². The number of rotatable bonds is 1. The van der Waals surface area contributed by atoms with Gasteiger partial charge in [-0.1, -0.05) is 29.3 Å². The summed E-state index contributed by atoms with van der Waals surface area (Å²) >= 11 is 5.94. The molecule has 6 nitrogen and oxygen atoms in total. The Morgan fingerprint density at radius 3 is 2.46 bits per heavy atom. The van der Waals surface area contributed by atoms with E-state index in [9.17, 15) is 14.4 Å². The van der Waals surface area contributed by atoms with E-state index in [0.29, 0.717) is 22.1 Å². The normalized spacial score (nSPS) is 19.2. The molecule has 0 spiro atoms. The molecule has 2 heterocycles. The number of hydrogen-bond donors (Lipinski definition) is 1. The number of fused-ring (bicyclic) bond motifs is 3. The first-order chi connectivity index (χ1) is 11.5. The van der Waals surface area contributed by atoms with Crippen molar-refractivity contribution in [2.24, 2.45) is 0 Å². The molecule has 4 amide bonds. The third-order valence-corrected chi connectivity index (χ3v) is 4.36. The summed E-state index contributed by atoms with van der Waals surface area (Å²) in [4.78, 5) is 40.1. The van der Waals surface area contributed by atoms with Gasteiger partial charge in [-0.2, -0.15) is 0 Å². The van der Waals surface area contributed by atoms with Crippen LogP contribution in [0.4, 0.5) is 21.9 Å². The lowest BCUT2D eigenvalue weighted by Gasteiger charge is -2.28. The number of imide groups is 1. The van der Waals surface area contributed by atoms with Gasteiger partial charge in [0.15, 0.2) is 6.04 Å². The van der Waals surface area contributed by atoms with Crippen LogP contribution in [0.2, 0.25) is 5.02 Å². The quantitative estimate of drug-likeness (QED) is 0.640. The highest BCUT2D eigenvalue weighted by Crippen LogP contribution is 2.39. The fourth-order valence-corrected chi connectivity index (χ4v) is 3.14. The van der Waals surface area contributed by atoms with Crippen molar-refractivity contribution >= 4 is 46.5 Å². The summed E-state index contributed by atoms with van der Waals surface area (Å²) in [5, 5.41) is 3.07. The first-order valence-corrected chi connectivity index (χ1v) is 7.69. The van der Waals surface area contributed by atoms with E-state index >= 15 is 0 Å². The van der Waals surface area contributed by atoms with E-state index in [1.807, 2.05) is 6.92 Å². The van der Waals surface area contributed by atoms with Gasteiger partial charge in [0.25, 0.3) is 11.8 Å². The highest BCUT2D eigenvalue weighted by molar-refractivity contribution is 6.38. The molecule has 2 aromatic carbocycles. The number of hydrogen-bond acceptors (Lipinski definition) is 3. The number of aryl methyl sites for hydroxylation is 1. The Labute approximate surface area is 142 Å². The van der Waals surface area contributed by atoms with E-state index < -0.39 is 23.9 Å². The number of nitrogens with zero attached hydrogens (tertiary/aromatic N) is 2. The van der Waals surface area contributed by atoms with Gasteiger partial charge >= 0.3 is 6.03 Å². The van der Waals surface area contributed by atoms with Gasteiger partial charge in [0.1, 0.15) is 0 Å². The van der Waals surface area contributed by atoms with Gasteiger partial charge in [0.2, 0.25) is 0 Å². The molecule has 120 valence electrons. The van der Waals surface area contributed by atoms with Crippen molar-refractivity contribution < 1.29 is 14.4 Å². The molecule has 0 saturated carbocycles. The molecule has 7 heteroatoms. The van der Waals surface area contributed by atoms with Crippen LogP contribution in [0.1, 0.15) is 5.56 Å². The van der Waals surface area contributed by atoms with Gasteiger partial charge in [-0.05, 0) is 37.3 Å². The molecular weight excluding hydrogens is 330 g/mol. The van der Waals surface area contributed by atoms with E-state index in [4.69, 9.17) is 11.6 Å². The topological polar surface area (TPSA) is 69.7 Å². The van der Waals surface area contributed by atoms with Crippen molar-refractivity contribution in [3.05, 3.63) is 53.1 Å². The Hall–Kier alpha value is -2.86. The van der Waals surface area contributed by atoms with Gasteiger partial charge in [0, 0.05) is 5.02 Å². The Bertz CT molecular complexity index is 894. The number of urea groups is 1. The van der Waals surface area contributed by atoms with Crippen molar-refractivity contribution in [2.75, 3.05) is 15.1 Å². The predicted molar refractivity (Wildman–Crippen MR) is 90.4 cm³/mol. The molecule has 1 N–H and O–H groups in total. The predicted octanol–water partition coefficient (Wildman–Crippen LogP) is 2.94. The Balaban J connectivity index is 1.83. The minimum absolute atomic E-state index is 0.413. The van der Waals surface area contributed by atoms with E-state index in [-0.39, 0.29) is 0 Å².